The van der Waals surface area contributed by atoms with Crippen LogP contribution in [0.5, 0.6) is 0 Å². The highest BCUT2D eigenvalue weighted by Crippen LogP contribution is 2.34. The van der Waals surface area contributed by atoms with Gasteiger partial charge in [0.15, 0.2) is 0 Å². The number of aryl methyl sites for hydroxylation is 3. The minimum atomic E-state index is -1.04. The van der Waals surface area contributed by atoms with Crippen molar-refractivity contribution >= 4 is 29.5 Å². The predicted molar refractivity (Wildman–Crippen MR) is 141 cm³/mol. The maximum Gasteiger partial charge on any atom is 0.325 e. The minimum absolute atomic E-state index is 0.222. The first-order chi connectivity index (χ1) is 18.0. The lowest BCUT2D eigenvalue weighted by atomic mass is 9.81. The van der Waals surface area contributed by atoms with Crippen molar-refractivity contribution in [3.8, 4) is 0 Å². The number of amides is 4. The van der Waals surface area contributed by atoms with Gasteiger partial charge in [-0.15, -0.1) is 0 Å². The molecule has 0 bridgehead atoms. The Morgan fingerprint density at radius 2 is 1.95 bits per heavy atom. The van der Waals surface area contributed by atoms with E-state index < -0.39 is 35.8 Å². The van der Waals surface area contributed by atoms with E-state index in [4.69, 9.17) is 5.73 Å². The van der Waals surface area contributed by atoms with E-state index >= 15 is 0 Å². The molecule has 200 valence electrons. The van der Waals surface area contributed by atoms with Crippen LogP contribution in [0.15, 0.2) is 42.6 Å². The number of carbonyl (C=O) groups is 3. The Morgan fingerprint density at radius 1 is 1.21 bits per heavy atom. The van der Waals surface area contributed by atoms with Crippen molar-refractivity contribution < 1.29 is 18.8 Å². The Bertz CT molecular complexity index is 1370. The second-order valence-electron chi connectivity index (χ2n) is 9.63. The van der Waals surface area contributed by atoms with Gasteiger partial charge in [0.2, 0.25) is 5.91 Å². The Labute approximate surface area is 220 Å². The van der Waals surface area contributed by atoms with E-state index in [2.05, 4.69) is 15.4 Å². The number of pyridine rings is 1. The van der Waals surface area contributed by atoms with Crippen molar-refractivity contribution in [2.75, 3.05) is 17.7 Å². The molecule has 11 heteroatoms. The summed E-state index contributed by atoms with van der Waals surface area (Å²) in [5.41, 5.74) is 8.76. The average molecular weight is 522 g/mol. The van der Waals surface area contributed by atoms with Crippen LogP contribution in [0, 0.1) is 25.6 Å². The summed E-state index contributed by atoms with van der Waals surface area (Å²) in [4.78, 5) is 47.1. The lowest BCUT2D eigenvalue weighted by Crippen LogP contribution is -2.70. The number of likely N-dealkylation sites (N-methyl/N-ethyl adjacent to an activating group) is 1. The fraction of sp³-hybridized carbons (Fsp3) is 0.370. The second kappa shape index (κ2) is 10.6. The van der Waals surface area contributed by atoms with Gasteiger partial charge in [-0.05, 0) is 67.6 Å². The molecule has 3 atom stereocenters. The smallest absolute Gasteiger partial charge is 0.325 e. The lowest BCUT2D eigenvalue weighted by molar-refractivity contribution is -0.156. The van der Waals surface area contributed by atoms with Crippen LogP contribution in [0.3, 0.4) is 0 Å². The van der Waals surface area contributed by atoms with Gasteiger partial charge in [0, 0.05) is 25.9 Å². The number of benzene rings is 1. The Morgan fingerprint density at radius 3 is 2.55 bits per heavy atom. The highest BCUT2D eigenvalue weighted by Gasteiger charge is 2.55. The van der Waals surface area contributed by atoms with Crippen molar-refractivity contribution in [3.63, 3.8) is 0 Å². The molecule has 1 aliphatic rings. The number of nitrogens with zero attached hydrogens (tertiary/aromatic N) is 5. The number of likely N-dealkylation sites (tertiary alicyclic amines) is 1. The predicted octanol–water partition coefficient (Wildman–Crippen LogP) is 3.05. The van der Waals surface area contributed by atoms with Gasteiger partial charge in [-0.1, -0.05) is 13.0 Å². The minimum Gasteiger partial charge on any atom is -0.384 e. The molecule has 0 saturated carbocycles. The number of hydrogen-bond acceptors (Lipinski definition) is 6. The number of urea groups is 1. The number of hydrogen-bond donors (Lipinski definition) is 2. The number of β-lactam (4-membered cyclic amide) rings is 1. The highest BCUT2D eigenvalue weighted by atomic mass is 19.1. The molecular formula is C27H32FN7O3. The fourth-order valence-electron chi connectivity index (χ4n) is 5.05. The first-order valence-corrected chi connectivity index (χ1v) is 12.4. The average Bonchev–Trinajstić information content (AvgIpc) is 3.28. The van der Waals surface area contributed by atoms with Gasteiger partial charge in [-0.3, -0.25) is 24.1 Å². The lowest BCUT2D eigenvalue weighted by Gasteiger charge is -2.46. The number of nitrogens with two attached hydrogens (primary N) is 1. The molecule has 1 saturated heterocycles. The Kier molecular flexibility index (Phi) is 7.47. The molecule has 3 aromatic rings. The van der Waals surface area contributed by atoms with Gasteiger partial charge in [0.05, 0.1) is 18.2 Å². The zero-order valence-corrected chi connectivity index (χ0v) is 22.1. The zero-order valence-electron chi connectivity index (χ0n) is 22.1. The molecule has 1 fully saturated rings. The van der Waals surface area contributed by atoms with E-state index in [0.29, 0.717) is 29.3 Å². The monoisotopic (exact) mass is 521 g/mol. The second-order valence-corrected chi connectivity index (χ2v) is 9.63. The summed E-state index contributed by atoms with van der Waals surface area (Å²) in [5.74, 6) is -1.18. The third-order valence-corrected chi connectivity index (χ3v) is 6.96. The van der Waals surface area contributed by atoms with Crippen molar-refractivity contribution in [3.05, 3.63) is 70.8 Å². The van der Waals surface area contributed by atoms with Crippen LogP contribution in [-0.2, 0) is 23.1 Å². The van der Waals surface area contributed by atoms with E-state index in [1.807, 2.05) is 13.0 Å². The molecule has 0 radical (unpaired) electrons. The quantitative estimate of drug-likeness (QED) is 0.460. The molecule has 0 aliphatic carbocycles. The maximum atomic E-state index is 13.7. The first-order valence-electron chi connectivity index (χ1n) is 12.4. The van der Waals surface area contributed by atoms with E-state index in [1.165, 1.54) is 21.7 Å². The van der Waals surface area contributed by atoms with Crippen LogP contribution in [0.1, 0.15) is 41.8 Å². The molecule has 2 aromatic heterocycles. The van der Waals surface area contributed by atoms with Crippen LogP contribution in [0.2, 0.25) is 0 Å². The molecule has 38 heavy (non-hydrogen) atoms. The molecule has 1 aliphatic heterocycles. The summed E-state index contributed by atoms with van der Waals surface area (Å²) in [6.07, 6.45) is 2.29. The summed E-state index contributed by atoms with van der Waals surface area (Å²) < 4.78 is 15.2. The van der Waals surface area contributed by atoms with Crippen molar-refractivity contribution in [1.29, 1.82) is 0 Å². The Hall–Kier alpha value is -4.28. The third-order valence-electron chi connectivity index (χ3n) is 6.96. The number of rotatable bonds is 7. The summed E-state index contributed by atoms with van der Waals surface area (Å²) in [6.45, 7) is 5.43. The topological polar surface area (TPSA) is 126 Å². The largest absolute Gasteiger partial charge is 0.384 e. The Balaban J connectivity index is 1.63. The normalized spacial score (nSPS) is 17.6. The number of nitrogens with one attached hydrogen (secondary N) is 1. The molecule has 10 nitrogen and oxygen atoms in total. The highest BCUT2D eigenvalue weighted by molar-refractivity contribution is 6.12. The van der Waals surface area contributed by atoms with Gasteiger partial charge in [-0.25, -0.2) is 14.2 Å². The van der Waals surface area contributed by atoms with Gasteiger partial charge >= 0.3 is 6.03 Å². The van der Waals surface area contributed by atoms with Crippen molar-refractivity contribution in [1.82, 2.24) is 25.0 Å². The van der Waals surface area contributed by atoms with Gasteiger partial charge in [0.1, 0.15) is 23.5 Å². The molecule has 4 amide bonds. The standard InChI is InChI=1S/C27H32FN7O3/c1-6-21(19-8-7-18(28)11-15(19)2)32-27(38)35-24(26(37)33(4)23-9-10-30-34(23)5)20(25(35)36)13-17-12-16(3)31-22(29)14-17/h7-12,14,20-21,24H,6,13H2,1-5H3,(H2,29,31)(H,32,38)/t20-,21-,24+/m1/s1. The third kappa shape index (κ3) is 5.09. The number of carbonyl (C=O) groups excluding carboxylic acids is 3. The number of halogens is 1. The number of aromatic nitrogens is 3. The molecule has 0 spiro atoms. The molecule has 1 aromatic carbocycles. The molecule has 0 unspecified atom stereocenters. The van der Waals surface area contributed by atoms with E-state index in [0.717, 1.165) is 16.0 Å². The molecule has 4 rings (SSSR count). The van der Waals surface area contributed by atoms with Gasteiger partial charge in [-0.2, -0.15) is 5.10 Å². The molecular weight excluding hydrogens is 489 g/mol. The summed E-state index contributed by atoms with van der Waals surface area (Å²) in [6, 6.07) is 7.31. The number of anilines is 2. The fourth-order valence-corrected chi connectivity index (χ4v) is 5.05. The van der Waals surface area contributed by atoms with Crippen LogP contribution >= 0.6 is 0 Å². The molecule has 3 heterocycles. The van der Waals surface area contributed by atoms with E-state index in [1.54, 1.807) is 52.3 Å². The van der Waals surface area contributed by atoms with Crippen LogP contribution < -0.4 is 16.0 Å². The van der Waals surface area contributed by atoms with Crippen LogP contribution in [-0.4, -0.2) is 50.6 Å². The number of nitrogen functional groups attached to an aromatic ring is 1. The summed E-state index contributed by atoms with van der Waals surface area (Å²) in [7, 11) is 3.28. The first kappa shape index (κ1) is 26.8. The number of imide groups is 1. The van der Waals surface area contributed by atoms with E-state index in [9.17, 15) is 18.8 Å². The van der Waals surface area contributed by atoms with E-state index in [-0.39, 0.29) is 12.2 Å². The summed E-state index contributed by atoms with van der Waals surface area (Å²) in [5, 5.41) is 6.99. The van der Waals surface area contributed by atoms with Crippen molar-refractivity contribution in [2.45, 2.75) is 45.7 Å². The van der Waals surface area contributed by atoms with Crippen LogP contribution in [0.4, 0.5) is 20.8 Å². The SMILES string of the molecule is CC[C@@H](NC(=O)N1C(=O)[C@H](Cc2cc(C)nc(N)c2)[C@H]1C(=O)N(C)c1ccnn1C)c1ccc(F)cc1C. The summed E-state index contributed by atoms with van der Waals surface area (Å²) >= 11 is 0. The van der Waals surface area contributed by atoms with Crippen LogP contribution in [0.25, 0.3) is 0 Å². The van der Waals surface area contributed by atoms with Crippen molar-refractivity contribution in [2.24, 2.45) is 13.0 Å². The maximum absolute atomic E-state index is 13.7. The van der Waals surface area contributed by atoms with Gasteiger partial charge < -0.3 is 11.1 Å². The van der Waals surface area contributed by atoms with Gasteiger partial charge in [0.25, 0.3) is 5.91 Å². The molecule has 3 N–H and O–H groups in total. The zero-order chi connectivity index (χ0) is 27.7.